The van der Waals surface area contributed by atoms with E-state index >= 15 is 0 Å². The lowest BCUT2D eigenvalue weighted by Gasteiger charge is -2.28. The van der Waals surface area contributed by atoms with E-state index in [4.69, 9.17) is 28.4 Å². The van der Waals surface area contributed by atoms with Gasteiger partial charge in [0.15, 0.2) is 12.6 Å². The van der Waals surface area contributed by atoms with Gasteiger partial charge in [0.05, 0.1) is 32.5 Å². The van der Waals surface area contributed by atoms with Gasteiger partial charge >= 0.3 is 0 Å². The molecule has 3 aliphatic rings. The Morgan fingerprint density at radius 3 is 2.30 bits per heavy atom. The zero-order valence-electron chi connectivity index (χ0n) is 14.0. The highest BCUT2D eigenvalue weighted by Gasteiger charge is 2.25. The molecule has 0 N–H and O–H groups in total. The van der Waals surface area contributed by atoms with Crippen molar-refractivity contribution in [3.8, 4) is 0 Å². The second-order valence-corrected chi connectivity index (χ2v) is 6.50. The van der Waals surface area contributed by atoms with Crippen LogP contribution < -0.4 is 0 Å². The molecule has 0 amide bonds. The van der Waals surface area contributed by atoms with Crippen LogP contribution in [0.15, 0.2) is 0 Å². The van der Waals surface area contributed by atoms with Gasteiger partial charge in [0, 0.05) is 13.2 Å². The van der Waals surface area contributed by atoms with Crippen molar-refractivity contribution in [2.45, 2.75) is 69.7 Å². The average Bonchev–Trinajstić information content (AvgIpc) is 3.41. The van der Waals surface area contributed by atoms with Gasteiger partial charge in [-0.1, -0.05) is 0 Å². The molecule has 4 unspecified atom stereocenters. The van der Waals surface area contributed by atoms with Gasteiger partial charge in [-0.05, 0) is 44.9 Å². The van der Waals surface area contributed by atoms with Crippen molar-refractivity contribution in [2.75, 3.05) is 39.6 Å². The molecule has 3 aliphatic heterocycles. The van der Waals surface area contributed by atoms with E-state index in [0.29, 0.717) is 19.8 Å². The highest BCUT2D eigenvalue weighted by Crippen LogP contribution is 2.19. The molecular formula is C17H30O6. The first kappa shape index (κ1) is 17.6. The van der Waals surface area contributed by atoms with Gasteiger partial charge in [-0.15, -0.1) is 0 Å². The SMILES string of the molecule is C1CCC(OCCC(COCC2CO2)OC2CCCCO2)OC1. The zero-order valence-corrected chi connectivity index (χ0v) is 14.0. The van der Waals surface area contributed by atoms with Crippen molar-refractivity contribution < 1.29 is 28.4 Å². The van der Waals surface area contributed by atoms with E-state index < -0.39 is 0 Å². The minimum Gasteiger partial charge on any atom is -0.376 e. The molecule has 3 rings (SSSR count). The summed E-state index contributed by atoms with van der Waals surface area (Å²) < 4.78 is 34.0. The minimum atomic E-state index is -0.0968. The molecule has 3 heterocycles. The van der Waals surface area contributed by atoms with Crippen LogP contribution in [0.5, 0.6) is 0 Å². The van der Waals surface area contributed by atoms with Crippen molar-refractivity contribution in [3.63, 3.8) is 0 Å². The third kappa shape index (κ3) is 7.03. The first-order chi connectivity index (χ1) is 11.4. The van der Waals surface area contributed by atoms with E-state index in [1.54, 1.807) is 0 Å². The van der Waals surface area contributed by atoms with Crippen LogP contribution in [0.4, 0.5) is 0 Å². The van der Waals surface area contributed by atoms with Gasteiger partial charge in [0.2, 0.25) is 0 Å². The van der Waals surface area contributed by atoms with Crippen LogP contribution in [-0.2, 0) is 28.4 Å². The van der Waals surface area contributed by atoms with Crippen LogP contribution in [0.3, 0.4) is 0 Å². The number of hydrogen-bond acceptors (Lipinski definition) is 6. The molecular weight excluding hydrogens is 300 g/mol. The Morgan fingerprint density at radius 2 is 1.65 bits per heavy atom. The molecule has 0 spiro atoms. The summed E-state index contributed by atoms with van der Waals surface area (Å²) in [7, 11) is 0. The van der Waals surface area contributed by atoms with Gasteiger partial charge in [-0.3, -0.25) is 0 Å². The van der Waals surface area contributed by atoms with Gasteiger partial charge in [0.25, 0.3) is 0 Å². The van der Waals surface area contributed by atoms with Crippen LogP contribution in [0, 0.1) is 0 Å². The third-order valence-electron chi connectivity index (χ3n) is 4.37. The van der Waals surface area contributed by atoms with Gasteiger partial charge in [-0.25, -0.2) is 0 Å². The summed E-state index contributed by atoms with van der Waals surface area (Å²) in [5.74, 6) is 0. The van der Waals surface area contributed by atoms with E-state index in [1.807, 2.05) is 0 Å². The Balaban J connectivity index is 1.35. The molecule has 0 aromatic carbocycles. The lowest BCUT2D eigenvalue weighted by Crippen LogP contribution is -2.32. The summed E-state index contributed by atoms with van der Waals surface area (Å²) in [6, 6.07) is 0. The lowest BCUT2D eigenvalue weighted by atomic mass is 10.2. The van der Waals surface area contributed by atoms with Crippen molar-refractivity contribution in [3.05, 3.63) is 0 Å². The van der Waals surface area contributed by atoms with Crippen molar-refractivity contribution in [1.82, 2.24) is 0 Å². The van der Waals surface area contributed by atoms with Crippen LogP contribution in [0.2, 0.25) is 0 Å². The van der Waals surface area contributed by atoms with Crippen LogP contribution in [-0.4, -0.2) is 64.4 Å². The summed E-state index contributed by atoms with van der Waals surface area (Å²) >= 11 is 0. The molecule has 0 aliphatic carbocycles. The van der Waals surface area contributed by atoms with Crippen molar-refractivity contribution in [1.29, 1.82) is 0 Å². The van der Waals surface area contributed by atoms with Crippen molar-refractivity contribution in [2.24, 2.45) is 0 Å². The largest absolute Gasteiger partial charge is 0.376 e. The molecule has 0 bridgehead atoms. The van der Waals surface area contributed by atoms with Gasteiger partial charge < -0.3 is 28.4 Å². The Bertz CT molecular complexity index is 310. The van der Waals surface area contributed by atoms with E-state index in [-0.39, 0.29) is 24.8 Å². The fourth-order valence-corrected chi connectivity index (χ4v) is 2.89. The summed E-state index contributed by atoms with van der Waals surface area (Å²) in [5.41, 5.74) is 0. The minimum absolute atomic E-state index is 0.000408. The predicted molar refractivity (Wildman–Crippen MR) is 83.2 cm³/mol. The Morgan fingerprint density at radius 1 is 0.913 bits per heavy atom. The van der Waals surface area contributed by atoms with E-state index in [1.165, 1.54) is 12.8 Å². The predicted octanol–water partition coefficient (Wildman–Crippen LogP) is 2.25. The maximum absolute atomic E-state index is 6.07. The molecule has 134 valence electrons. The molecule has 23 heavy (non-hydrogen) atoms. The van der Waals surface area contributed by atoms with Crippen LogP contribution >= 0.6 is 0 Å². The zero-order chi connectivity index (χ0) is 15.7. The number of rotatable bonds is 10. The maximum atomic E-state index is 6.07. The molecule has 6 heteroatoms. The molecule has 0 saturated carbocycles. The van der Waals surface area contributed by atoms with E-state index in [0.717, 1.165) is 51.9 Å². The highest BCUT2D eigenvalue weighted by atomic mass is 16.7. The topological polar surface area (TPSA) is 58.7 Å². The fourth-order valence-electron chi connectivity index (χ4n) is 2.89. The average molecular weight is 330 g/mol. The molecule has 0 radical (unpaired) electrons. The lowest BCUT2D eigenvalue weighted by molar-refractivity contribution is -0.208. The first-order valence-corrected chi connectivity index (χ1v) is 9.10. The van der Waals surface area contributed by atoms with Gasteiger partial charge in [0.1, 0.15) is 6.10 Å². The van der Waals surface area contributed by atoms with Crippen LogP contribution in [0.25, 0.3) is 0 Å². The number of epoxide rings is 1. The third-order valence-corrected chi connectivity index (χ3v) is 4.37. The second kappa shape index (κ2) is 9.91. The summed E-state index contributed by atoms with van der Waals surface area (Å²) in [6.45, 7) is 4.27. The number of ether oxygens (including phenoxy) is 6. The quantitative estimate of drug-likeness (QED) is 0.573. The molecule has 3 fully saturated rings. The summed E-state index contributed by atoms with van der Waals surface area (Å²) in [5, 5.41) is 0. The number of hydrogen-bond donors (Lipinski definition) is 0. The molecule has 3 saturated heterocycles. The van der Waals surface area contributed by atoms with Crippen LogP contribution in [0.1, 0.15) is 44.9 Å². The normalized spacial score (nSPS) is 32.6. The molecule has 4 atom stereocenters. The van der Waals surface area contributed by atoms with E-state index in [9.17, 15) is 0 Å². The highest BCUT2D eigenvalue weighted by molar-refractivity contribution is 4.69. The smallest absolute Gasteiger partial charge is 0.158 e. The Hall–Kier alpha value is -0.240. The molecule has 6 nitrogen and oxygen atoms in total. The molecule has 0 aromatic rings. The second-order valence-electron chi connectivity index (χ2n) is 6.50. The standard InChI is InChI=1S/C17H30O6/c1-3-8-19-16(5-1)21-10-7-14(11-18-12-15-13-22-15)23-17-6-2-4-9-20-17/h14-17H,1-13H2. The summed E-state index contributed by atoms with van der Waals surface area (Å²) in [4.78, 5) is 0. The molecule has 0 aromatic heterocycles. The fraction of sp³-hybridized carbons (Fsp3) is 1.00. The maximum Gasteiger partial charge on any atom is 0.158 e. The first-order valence-electron chi connectivity index (χ1n) is 9.10. The monoisotopic (exact) mass is 330 g/mol. The Kier molecular flexibility index (Phi) is 7.58. The van der Waals surface area contributed by atoms with E-state index in [2.05, 4.69) is 0 Å². The summed E-state index contributed by atoms with van der Waals surface area (Å²) in [6.07, 6.45) is 7.52. The Labute approximate surface area is 138 Å². The van der Waals surface area contributed by atoms with Crippen molar-refractivity contribution >= 4 is 0 Å². The van der Waals surface area contributed by atoms with Gasteiger partial charge in [-0.2, -0.15) is 0 Å².